The van der Waals surface area contributed by atoms with Crippen LogP contribution in [0.4, 0.5) is 14.5 Å². The van der Waals surface area contributed by atoms with Crippen LogP contribution in [-0.2, 0) is 4.74 Å². The predicted octanol–water partition coefficient (Wildman–Crippen LogP) is 2.47. The quantitative estimate of drug-likeness (QED) is 0.814. The van der Waals surface area contributed by atoms with Crippen LogP contribution in [0.2, 0.25) is 0 Å². The molecule has 0 N–H and O–H groups in total. The van der Waals surface area contributed by atoms with Gasteiger partial charge >= 0.3 is 6.61 Å². The second-order valence-corrected chi connectivity index (χ2v) is 6.39. The fraction of sp³-hybridized carbons (Fsp3) is 0.444. The van der Waals surface area contributed by atoms with Crippen molar-refractivity contribution in [3.05, 3.63) is 30.0 Å². The lowest BCUT2D eigenvalue weighted by molar-refractivity contribution is -0.0497. The molecule has 0 aliphatic carbocycles. The summed E-state index contributed by atoms with van der Waals surface area (Å²) in [5, 5.41) is 10.1. The molecule has 3 rings (SSSR count). The molecule has 0 spiro atoms. The van der Waals surface area contributed by atoms with Crippen LogP contribution in [0.5, 0.6) is 5.75 Å². The Hall–Kier alpha value is -2.50. The summed E-state index contributed by atoms with van der Waals surface area (Å²) in [5.74, 6) is 0.0451. The molecule has 0 amide bonds. The van der Waals surface area contributed by atoms with Gasteiger partial charge in [0.05, 0.1) is 29.5 Å². The molecule has 0 bridgehead atoms. The van der Waals surface area contributed by atoms with Gasteiger partial charge in [-0.3, -0.25) is 4.98 Å². The molecule has 8 heteroatoms. The number of likely N-dealkylation sites (N-methyl/N-ethyl adjacent to an activating group) is 1. The van der Waals surface area contributed by atoms with Crippen LogP contribution in [0.1, 0.15) is 5.56 Å². The smallest absolute Gasteiger partial charge is 0.387 e. The predicted molar refractivity (Wildman–Crippen MR) is 93.6 cm³/mol. The van der Waals surface area contributed by atoms with Gasteiger partial charge < -0.3 is 19.3 Å². The molecule has 0 saturated carbocycles. The van der Waals surface area contributed by atoms with Gasteiger partial charge in [0.1, 0.15) is 11.8 Å². The molecule has 1 aliphatic heterocycles. The highest BCUT2D eigenvalue weighted by molar-refractivity contribution is 5.95. The number of nitrogens with zero attached hydrogens (tertiary/aromatic N) is 4. The van der Waals surface area contributed by atoms with Crippen molar-refractivity contribution in [1.82, 2.24) is 9.88 Å². The first kappa shape index (κ1) is 18.3. The number of alkyl halides is 2. The van der Waals surface area contributed by atoms with Gasteiger partial charge in [-0.25, -0.2) is 0 Å². The van der Waals surface area contributed by atoms with Crippen molar-refractivity contribution in [3.8, 4) is 11.8 Å². The summed E-state index contributed by atoms with van der Waals surface area (Å²) in [7, 11) is 3.94. The van der Waals surface area contributed by atoms with Crippen molar-refractivity contribution < 1.29 is 18.3 Å². The fourth-order valence-electron chi connectivity index (χ4n) is 3.20. The second kappa shape index (κ2) is 7.81. The van der Waals surface area contributed by atoms with Gasteiger partial charge in [0.2, 0.25) is 0 Å². The molecular weight excluding hydrogens is 342 g/mol. The Morgan fingerprint density at radius 2 is 2.27 bits per heavy atom. The average Bonchev–Trinajstić information content (AvgIpc) is 2.59. The van der Waals surface area contributed by atoms with E-state index in [0.29, 0.717) is 41.9 Å². The zero-order chi connectivity index (χ0) is 18.7. The maximum absolute atomic E-state index is 12.6. The van der Waals surface area contributed by atoms with Gasteiger partial charge in [0, 0.05) is 31.2 Å². The first-order chi connectivity index (χ1) is 12.5. The van der Waals surface area contributed by atoms with Gasteiger partial charge in [-0.05, 0) is 32.3 Å². The number of fused-ring (bicyclic) bond motifs is 1. The number of hydrogen-bond donors (Lipinski definition) is 0. The van der Waals surface area contributed by atoms with Crippen molar-refractivity contribution in [2.45, 2.75) is 12.7 Å². The normalized spacial score (nSPS) is 17.7. The number of nitriles is 1. The van der Waals surface area contributed by atoms with Crippen LogP contribution in [0, 0.1) is 11.3 Å². The van der Waals surface area contributed by atoms with E-state index < -0.39 is 6.61 Å². The molecule has 1 unspecified atom stereocenters. The number of ether oxygens (including phenoxy) is 2. The van der Waals surface area contributed by atoms with Gasteiger partial charge in [0.25, 0.3) is 0 Å². The molecule has 138 valence electrons. The fourth-order valence-corrected chi connectivity index (χ4v) is 3.20. The summed E-state index contributed by atoms with van der Waals surface area (Å²) in [5.41, 5.74) is 1.71. The third-order valence-corrected chi connectivity index (χ3v) is 4.18. The van der Waals surface area contributed by atoms with E-state index in [9.17, 15) is 14.0 Å². The molecule has 1 saturated heterocycles. The van der Waals surface area contributed by atoms with Crippen LogP contribution < -0.4 is 9.64 Å². The lowest BCUT2D eigenvalue weighted by atomic mass is 10.1. The number of aromatic nitrogens is 1. The summed E-state index contributed by atoms with van der Waals surface area (Å²) in [6.45, 7) is -0.415. The number of anilines is 1. The van der Waals surface area contributed by atoms with Crippen molar-refractivity contribution in [1.29, 1.82) is 5.26 Å². The van der Waals surface area contributed by atoms with Gasteiger partial charge in [-0.15, -0.1) is 0 Å². The number of benzene rings is 1. The Morgan fingerprint density at radius 3 is 2.96 bits per heavy atom. The molecule has 1 aromatic heterocycles. The minimum Gasteiger partial charge on any atom is -0.435 e. The number of hydrogen-bond acceptors (Lipinski definition) is 6. The van der Waals surface area contributed by atoms with Crippen molar-refractivity contribution in [3.63, 3.8) is 0 Å². The molecule has 2 aromatic rings. The SMILES string of the molecule is CN(C)CC1CN(c2c(C#N)cnc3ccc(OC(F)F)cc23)CCO1. The van der Waals surface area contributed by atoms with Crippen molar-refractivity contribution in [2.75, 3.05) is 45.2 Å². The van der Waals surface area contributed by atoms with Gasteiger partial charge in [0.15, 0.2) is 0 Å². The van der Waals surface area contributed by atoms with Crippen LogP contribution in [0.3, 0.4) is 0 Å². The minimum absolute atomic E-state index is 0.00555. The third kappa shape index (κ3) is 4.00. The number of halogens is 2. The first-order valence-electron chi connectivity index (χ1n) is 8.27. The van der Waals surface area contributed by atoms with E-state index in [4.69, 9.17) is 4.74 Å². The summed E-state index contributed by atoms with van der Waals surface area (Å²) in [4.78, 5) is 8.37. The van der Waals surface area contributed by atoms with E-state index in [2.05, 4.69) is 20.7 Å². The molecule has 1 aliphatic rings. The van der Waals surface area contributed by atoms with Crippen LogP contribution >= 0.6 is 0 Å². The molecule has 0 radical (unpaired) electrons. The molecule has 1 fully saturated rings. The molecule has 1 atom stereocenters. The Labute approximate surface area is 150 Å². The first-order valence-corrected chi connectivity index (χ1v) is 8.27. The van der Waals surface area contributed by atoms with Crippen LogP contribution in [-0.4, -0.2) is 62.9 Å². The average molecular weight is 362 g/mol. The number of morpholine rings is 1. The lowest BCUT2D eigenvalue weighted by Gasteiger charge is -2.36. The van der Waals surface area contributed by atoms with E-state index in [1.807, 2.05) is 19.0 Å². The topological polar surface area (TPSA) is 61.6 Å². The van der Waals surface area contributed by atoms with E-state index in [1.54, 1.807) is 6.07 Å². The number of rotatable bonds is 5. The maximum Gasteiger partial charge on any atom is 0.387 e. The Kier molecular flexibility index (Phi) is 5.49. The third-order valence-electron chi connectivity index (χ3n) is 4.18. The Balaban J connectivity index is 2.03. The van der Waals surface area contributed by atoms with Crippen molar-refractivity contribution >= 4 is 16.6 Å². The molecule has 6 nitrogen and oxygen atoms in total. The minimum atomic E-state index is -2.91. The monoisotopic (exact) mass is 362 g/mol. The molecular formula is C18H20F2N4O2. The zero-order valence-electron chi connectivity index (χ0n) is 14.7. The summed E-state index contributed by atoms with van der Waals surface area (Å²) >= 11 is 0. The summed E-state index contributed by atoms with van der Waals surface area (Å²) in [6, 6.07) is 6.74. The summed E-state index contributed by atoms with van der Waals surface area (Å²) < 4.78 is 35.5. The van der Waals surface area contributed by atoms with Crippen LogP contribution in [0.15, 0.2) is 24.4 Å². The van der Waals surface area contributed by atoms with Crippen LogP contribution in [0.25, 0.3) is 10.9 Å². The highest BCUT2D eigenvalue weighted by Crippen LogP contribution is 2.33. The van der Waals surface area contributed by atoms with E-state index in [1.165, 1.54) is 18.3 Å². The van der Waals surface area contributed by atoms with Gasteiger partial charge in [-0.1, -0.05) is 0 Å². The number of pyridine rings is 1. The zero-order valence-corrected chi connectivity index (χ0v) is 14.7. The van der Waals surface area contributed by atoms with Crippen molar-refractivity contribution in [2.24, 2.45) is 0 Å². The molecule has 2 heterocycles. The van der Waals surface area contributed by atoms with E-state index in [0.717, 1.165) is 6.54 Å². The Bertz CT molecular complexity index is 823. The standard InChI is InChI=1S/C18H20F2N4O2/c1-23(2)10-14-11-24(5-6-25-14)17-12(8-21)9-22-16-4-3-13(7-15(16)17)26-18(19)20/h3-4,7,9,14,18H,5-6,10-11H2,1-2H3. The van der Waals surface area contributed by atoms with E-state index >= 15 is 0 Å². The lowest BCUT2D eigenvalue weighted by Crippen LogP contribution is -2.46. The summed E-state index contributed by atoms with van der Waals surface area (Å²) in [6.07, 6.45) is 1.51. The highest BCUT2D eigenvalue weighted by atomic mass is 19.3. The van der Waals surface area contributed by atoms with E-state index in [-0.39, 0.29) is 11.9 Å². The molecule has 26 heavy (non-hydrogen) atoms. The Morgan fingerprint density at radius 1 is 1.46 bits per heavy atom. The second-order valence-electron chi connectivity index (χ2n) is 6.39. The maximum atomic E-state index is 12.6. The van der Waals surface area contributed by atoms with Gasteiger partial charge in [-0.2, -0.15) is 14.0 Å². The largest absolute Gasteiger partial charge is 0.435 e. The highest BCUT2D eigenvalue weighted by Gasteiger charge is 2.25. The molecule has 1 aromatic carbocycles.